The Balaban J connectivity index is 1.28. The van der Waals surface area contributed by atoms with Gasteiger partial charge in [0, 0.05) is 10.6 Å². The van der Waals surface area contributed by atoms with Crippen LogP contribution >= 0.6 is 22.9 Å². The normalized spacial score (nSPS) is 14.7. The summed E-state index contributed by atoms with van der Waals surface area (Å²) in [4.78, 5) is 29.3. The van der Waals surface area contributed by atoms with Crippen LogP contribution in [0, 0.1) is 6.92 Å². The minimum Gasteiger partial charge on any atom is -0.486 e. The van der Waals surface area contributed by atoms with Crippen molar-refractivity contribution in [2.75, 3.05) is 19.8 Å². The summed E-state index contributed by atoms with van der Waals surface area (Å²) in [5, 5.41) is 3.94. The Kier molecular flexibility index (Phi) is 6.39. The molecule has 0 fully saturated rings. The molecule has 0 aliphatic carbocycles. The van der Waals surface area contributed by atoms with Gasteiger partial charge in [-0.05, 0) is 31.2 Å². The van der Waals surface area contributed by atoms with Crippen LogP contribution in [0.25, 0.3) is 10.6 Å². The van der Waals surface area contributed by atoms with Crippen LogP contribution in [-0.4, -0.2) is 42.7 Å². The van der Waals surface area contributed by atoms with Crippen molar-refractivity contribution in [2.45, 2.75) is 13.0 Å². The number of nitrogens with one attached hydrogen (secondary N) is 1. The minimum atomic E-state index is -0.593. The number of amides is 1. The summed E-state index contributed by atoms with van der Waals surface area (Å²) >= 11 is 7.22. The lowest BCUT2D eigenvalue weighted by Crippen LogP contribution is -2.42. The number of fused-ring (bicyclic) bond motifs is 1. The van der Waals surface area contributed by atoms with Gasteiger partial charge in [0.1, 0.15) is 22.6 Å². The van der Waals surface area contributed by atoms with Crippen molar-refractivity contribution in [1.82, 2.24) is 10.3 Å². The van der Waals surface area contributed by atoms with E-state index in [1.807, 2.05) is 30.3 Å². The predicted octanol–water partition coefficient (Wildman–Crippen LogP) is 3.88. The van der Waals surface area contributed by atoms with Gasteiger partial charge in [-0.3, -0.25) is 4.79 Å². The molecule has 1 unspecified atom stereocenters. The number of benzene rings is 2. The van der Waals surface area contributed by atoms with Crippen LogP contribution in [0.5, 0.6) is 11.5 Å². The van der Waals surface area contributed by atoms with Crippen LogP contribution in [-0.2, 0) is 9.53 Å². The fourth-order valence-corrected chi connectivity index (χ4v) is 4.12. The summed E-state index contributed by atoms with van der Waals surface area (Å²) in [5.41, 5.74) is 1.35. The van der Waals surface area contributed by atoms with Gasteiger partial charge >= 0.3 is 5.97 Å². The quantitative estimate of drug-likeness (QED) is 0.564. The number of rotatable bonds is 6. The molecule has 0 saturated heterocycles. The van der Waals surface area contributed by atoms with Crippen LogP contribution in [0.4, 0.5) is 0 Å². The lowest BCUT2D eigenvalue weighted by molar-refractivity contribution is -0.124. The molecule has 1 atom stereocenters. The number of hydrogen-bond donors (Lipinski definition) is 1. The van der Waals surface area contributed by atoms with Crippen molar-refractivity contribution in [1.29, 1.82) is 0 Å². The maximum Gasteiger partial charge on any atom is 0.350 e. The van der Waals surface area contributed by atoms with E-state index in [1.54, 1.807) is 25.1 Å². The molecule has 0 spiro atoms. The fourth-order valence-electron chi connectivity index (χ4n) is 2.97. The van der Waals surface area contributed by atoms with Crippen LogP contribution in [0.2, 0.25) is 5.02 Å². The summed E-state index contributed by atoms with van der Waals surface area (Å²) in [5.74, 6) is 0.296. The molecule has 2 heterocycles. The Hall–Kier alpha value is -3.10. The Morgan fingerprint density at radius 3 is 2.84 bits per heavy atom. The van der Waals surface area contributed by atoms with E-state index in [9.17, 15) is 9.59 Å². The second kappa shape index (κ2) is 9.36. The van der Waals surface area contributed by atoms with Gasteiger partial charge in [0.05, 0.1) is 12.2 Å². The lowest BCUT2D eigenvalue weighted by Gasteiger charge is -2.26. The summed E-state index contributed by atoms with van der Waals surface area (Å²) in [6.07, 6.45) is -0.321. The van der Waals surface area contributed by atoms with E-state index >= 15 is 0 Å². The standard InChI is InChI=1S/C22H19ClN2O5S/c1-13-20(31-21(25-13)14-5-4-6-15(23)9-14)22(27)29-12-19(26)24-10-16-11-28-17-7-2-3-8-18(17)30-16/h2-9,16H,10-12H2,1H3,(H,24,26). The molecule has 0 bridgehead atoms. The molecule has 3 aromatic rings. The molecule has 0 saturated carbocycles. The number of aromatic nitrogens is 1. The molecule has 1 N–H and O–H groups in total. The SMILES string of the molecule is Cc1nc(-c2cccc(Cl)c2)sc1C(=O)OCC(=O)NCC1COc2ccccc2O1. The number of aryl methyl sites for hydroxylation is 1. The van der Waals surface area contributed by atoms with Crippen molar-refractivity contribution >= 4 is 34.8 Å². The zero-order valence-corrected chi connectivity index (χ0v) is 18.2. The number of hydrogen-bond acceptors (Lipinski definition) is 7. The highest BCUT2D eigenvalue weighted by Gasteiger charge is 2.22. The van der Waals surface area contributed by atoms with E-state index in [0.29, 0.717) is 38.7 Å². The third kappa shape index (κ3) is 5.15. The van der Waals surface area contributed by atoms with Gasteiger partial charge < -0.3 is 19.5 Å². The maximum absolute atomic E-state index is 12.4. The smallest absolute Gasteiger partial charge is 0.350 e. The molecule has 0 radical (unpaired) electrons. The Labute approximate surface area is 187 Å². The van der Waals surface area contributed by atoms with Gasteiger partial charge in [-0.15, -0.1) is 11.3 Å². The first kappa shape index (κ1) is 21.1. The highest BCUT2D eigenvalue weighted by Crippen LogP contribution is 2.31. The zero-order valence-electron chi connectivity index (χ0n) is 16.6. The molecule has 7 nitrogen and oxygen atoms in total. The second-order valence-electron chi connectivity index (χ2n) is 6.82. The Morgan fingerprint density at radius 1 is 1.23 bits per heavy atom. The molecule has 1 amide bonds. The molecule has 2 aromatic carbocycles. The van der Waals surface area contributed by atoms with Crippen molar-refractivity contribution in [3.8, 4) is 22.1 Å². The van der Waals surface area contributed by atoms with E-state index in [4.69, 9.17) is 25.8 Å². The summed E-state index contributed by atoms with van der Waals surface area (Å²) in [6.45, 7) is 1.89. The largest absolute Gasteiger partial charge is 0.486 e. The molecule has 31 heavy (non-hydrogen) atoms. The molecule has 9 heteroatoms. The molecular weight excluding hydrogens is 440 g/mol. The predicted molar refractivity (Wildman–Crippen MR) is 117 cm³/mol. The summed E-state index contributed by atoms with van der Waals surface area (Å²) in [6, 6.07) is 14.6. The average molecular weight is 459 g/mol. The van der Waals surface area contributed by atoms with Crippen molar-refractivity contribution in [2.24, 2.45) is 0 Å². The number of ether oxygens (including phenoxy) is 3. The van der Waals surface area contributed by atoms with Crippen LogP contribution in [0.1, 0.15) is 15.4 Å². The zero-order chi connectivity index (χ0) is 21.8. The monoisotopic (exact) mass is 458 g/mol. The third-order valence-corrected chi connectivity index (χ3v) is 5.90. The van der Waals surface area contributed by atoms with Gasteiger partial charge in [-0.2, -0.15) is 0 Å². The van der Waals surface area contributed by atoms with Gasteiger partial charge in [0.15, 0.2) is 18.1 Å². The van der Waals surface area contributed by atoms with Crippen molar-refractivity contribution < 1.29 is 23.8 Å². The maximum atomic E-state index is 12.4. The molecule has 4 rings (SSSR count). The van der Waals surface area contributed by atoms with Crippen LogP contribution < -0.4 is 14.8 Å². The minimum absolute atomic E-state index is 0.239. The number of halogens is 1. The van der Waals surface area contributed by atoms with Gasteiger partial charge in [-0.25, -0.2) is 9.78 Å². The molecule has 1 aromatic heterocycles. The molecule has 1 aliphatic rings. The first-order valence-electron chi connectivity index (χ1n) is 9.55. The Morgan fingerprint density at radius 2 is 2.03 bits per heavy atom. The number of esters is 1. The van der Waals surface area contributed by atoms with E-state index in [-0.39, 0.29) is 12.6 Å². The van der Waals surface area contributed by atoms with Gasteiger partial charge in [0.2, 0.25) is 0 Å². The van der Waals surface area contributed by atoms with Crippen molar-refractivity contribution in [3.05, 3.63) is 64.1 Å². The van der Waals surface area contributed by atoms with E-state index in [0.717, 1.165) is 5.56 Å². The number of para-hydroxylation sites is 2. The van der Waals surface area contributed by atoms with E-state index in [2.05, 4.69) is 10.3 Å². The highest BCUT2D eigenvalue weighted by molar-refractivity contribution is 7.17. The topological polar surface area (TPSA) is 86.8 Å². The first-order chi connectivity index (χ1) is 15.0. The Bertz CT molecular complexity index is 1120. The number of thiazole rings is 1. The fraction of sp³-hybridized carbons (Fsp3) is 0.227. The number of carbonyl (C=O) groups excluding carboxylic acids is 2. The van der Waals surface area contributed by atoms with E-state index < -0.39 is 18.5 Å². The van der Waals surface area contributed by atoms with Crippen LogP contribution in [0.3, 0.4) is 0 Å². The van der Waals surface area contributed by atoms with E-state index in [1.165, 1.54) is 11.3 Å². The molecule has 1 aliphatic heterocycles. The third-order valence-electron chi connectivity index (χ3n) is 4.48. The van der Waals surface area contributed by atoms with Gasteiger partial charge in [-0.1, -0.05) is 35.9 Å². The first-order valence-corrected chi connectivity index (χ1v) is 10.7. The number of nitrogens with zero attached hydrogens (tertiary/aromatic N) is 1. The summed E-state index contributed by atoms with van der Waals surface area (Å²) in [7, 11) is 0. The highest BCUT2D eigenvalue weighted by atomic mass is 35.5. The van der Waals surface area contributed by atoms with Crippen molar-refractivity contribution in [3.63, 3.8) is 0 Å². The average Bonchev–Trinajstić information content (AvgIpc) is 3.17. The molecule has 160 valence electrons. The molecular formula is C22H19ClN2O5S. The number of carbonyl (C=O) groups is 2. The summed E-state index contributed by atoms with van der Waals surface area (Å²) < 4.78 is 16.6. The van der Waals surface area contributed by atoms with Gasteiger partial charge in [0.25, 0.3) is 5.91 Å². The second-order valence-corrected chi connectivity index (χ2v) is 8.26. The van der Waals surface area contributed by atoms with Crippen LogP contribution in [0.15, 0.2) is 48.5 Å². The lowest BCUT2D eigenvalue weighted by atomic mass is 10.2.